The van der Waals surface area contributed by atoms with Crippen LogP contribution in [0.25, 0.3) is 0 Å². The SMILES string of the molecule is CCNC(c1cc(C)c(C)cc1C)c1ccncc1Cl. The highest BCUT2D eigenvalue weighted by Gasteiger charge is 2.18. The minimum atomic E-state index is 0.106. The molecule has 1 unspecified atom stereocenters. The zero-order valence-corrected chi connectivity index (χ0v) is 13.3. The Morgan fingerprint density at radius 1 is 1.10 bits per heavy atom. The molecule has 2 nitrogen and oxygen atoms in total. The summed E-state index contributed by atoms with van der Waals surface area (Å²) in [6.07, 6.45) is 3.50. The van der Waals surface area contributed by atoms with Crippen LogP contribution in [0.5, 0.6) is 0 Å². The Balaban J connectivity index is 2.54. The smallest absolute Gasteiger partial charge is 0.0640 e. The number of halogens is 1. The summed E-state index contributed by atoms with van der Waals surface area (Å²) in [6, 6.07) is 6.60. The Labute approximate surface area is 126 Å². The van der Waals surface area contributed by atoms with E-state index < -0.39 is 0 Å². The van der Waals surface area contributed by atoms with Gasteiger partial charge in [0, 0.05) is 12.4 Å². The number of hydrogen-bond donors (Lipinski definition) is 1. The van der Waals surface area contributed by atoms with Gasteiger partial charge in [0.15, 0.2) is 0 Å². The van der Waals surface area contributed by atoms with Crippen LogP contribution < -0.4 is 5.32 Å². The molecule has 1 aromatic carbocycles. The lowest BCUT2D eigenvalue weighted by Crippen LogP contribution is -2.23. The van der Waals surface area contributed by atoms with Crippen molar-refractivity contribution in [3.05, 3.63) is 63.4 Å². The van der Waals surface area contributed by atoms with Crippen LogP contribution in [0.1, 0.15) is 40.8 Å². The van der Waals surface area contributed by atoms with Crippen LogP contribution in [0.4, 0.5) is 0 Å². The van der Waals surface area contributed by atoms with E-state index in [4.69, 9.17) is 11.6 Å². The zero-order chi connectivity index (χ0) is 14.7. The Bertz CT molecular complexity index is 608. The van der Waals surface area contributed by atoms with Crippen molar-refractivity contribution >= 4 is 11.6 Å². The van der Waals surface area contributed by atoms with E-state index in [2.05, 4.69) is 50.1 Å². The molecule has 0 fully saturated rings. The number of pyridine rings is 1. The quantitative estimate of drug-likeness (QED) is 0.904. The first-order valence-corrected chi connectivity index (χ1v) is 7.33. The lowest BCUT2D eigenvalue weighted by molar-refractivity contribution is 0.626. The van der Waals surface area contributed by atoms with E-state index >= 15 is 0 Å². The maximum atomic E-state index is 6.33. The molecule has 0 radical (unpaired) electrons. The van der Waals surface area contributed by atoms with Gasteiger partial charge in [0.25, 0.3) is 0 Å². The van der Waals surface area contributed by atoms with E-state index in [1.807, 2.05) is 6.07 Å². The van der Waals surface area contributed by atoms with E-state index in [0.29, 0.717) is 5.02 Å². The third-order valence-electron chi connectivity index (χ3n) is 3.72. The van der Waals surface area contributed by atoms with Gasteiger partial charge in [0.05, 0.1) is 11.1 Å². The molecule has 1 aromatic heterocycles. The second kappa shape index (κ2) is 6.38. The van der Waals surface area contributed by atoms with Crippen molar-refractivity contribution in [1.82, 2.24) is 10.3 Å². The van der Waals surface area contributed by atoms with Crippen LogP contribution in [-0.4, -0.2) is 11.5 Å². The molecular weight excluding hydrogens is 268 g/mol. The number of aryl methyl sites for hydroxylation is 3. The van der Waals surface area contributed by atoms with Gasteiger partial charge in [-0.05, 0) is 61.2 Å². The van der Waals surface area contributed by atoms with Crippen LogP contribution in [0.2, 0.25) is 5.02 Å². The summed E-state index contributed by atoms with van der Waals surface area (Å²) in [6.45, 7) is 9.44. The fraction of sp³-hybridized carbons (Fsp3) is 0.353. The highest BCUT2D eigenvalue weighted by Crippen LogP contribution is 2.30. The molecule has 0 bridgehead atoms. The van der Waals surface area contributed by atoms with Crippen molar-refractivity contribution < 1.29 is 0 Å². The van der Waals surface area contributed by atoms with Crippen molar-refractivity contribution in [3.8, 4) is 0 Å². The maximum Gasteiger partial charge on any atom is 0.0640 e. The van der Waals surface area contributed by atoms with E-state index in [1.54, 1.807) is 12.4 Å². The second-order valence-electron chi connectivity index (χ2n) is 5.18. The Morgan fingerprint density at radius 2 is 1.80 bits per heavy atom. The fourth-order valence-corrected chi connectivity index (χ4v) is 2.73. The number of benzene rings is 1. The van der Waals surface area contributed by atoms with Gasteiger partial charge < -0.3 is 5.32 Å². The van der Waals surface area contributed by atoms with E-state index in [0.717, 1.165) is 12.1 Å². The number of nitrogens with one attached hydrogen (secondary N) is 1. The van der Waals surface area contributed by atoms with Crippen molar-refractivity contribution in [2.24, 2.45) is 0 Å². The molecule has 1 N–H and O–H groups in total. The Morgan fingerprint density at radius 3 is 2.45 bits per heavy atom. The molecule has 2 aromatic rings. The third-order valence-corrected chi connectivity index (χ3v) is 4.03. The van der Waals surface area contributed by atoms with Crippen LogP contribution in [-0.2, 0) is 0 Å². The molecule has 0 saturated carbocycles. The molecule has 1 heterocycles. The Hall–Kier alpha value is -1.38. The lowest BCUT2D eigenvalue weighted by Gasteiger charge is -2.23. The van der Waals surface area contributed by atoms with E-state index in [-0.39, 0.29) is 6.04 Å². The van der Waals surface area contributed by atoms with Crippen LogP contribution in [0.15, 0.2) is 30.6 Å². The summed E-state index contributed by atoms with van der Waals surface area (Å²) in [5, 5.41) is 4.24. The number of aromatic nitrogens is 1. The summed E-state index contributed by atoms with van der Waals surface area (Å²) in [5.74, 6) is 0. The highest BCUT2D eigenvalue weighted by atomic mass is 35.5. The molecule has 0 spiro atoms. The molecule has 0 aliphatic rings. The standard InChI is InChI=1S/C17H21ClN2/c1-5-20-17(14-6-7-19-10-16(14)18)15-9-12(3)11(2)8-13(15)4/h6-10,17,20H,5H2,1-4H3. The first kappa shape index (κ1) is 15.0. The summed E-state index contributed by atoms with van der Waals surface area (Å²) < 4.78 is 0. The van der Waals surface area contributed by atoms with Gasteiger partial charge in [-0.1, -0.05) is 30.7 Å². The number of nitrogens with zero attached hydrogens (tertiary/aromatic N) is 1. The minimum absolute atomic E-state index is 0.106. The van der Waals surface area contributed by atoms with Gasteiger partial charge in [0.2, 0.25) is 0 Å². The van der Waals surface area contributed by atoms with Gasteiger partial charge in [0.1, 0.15) is 0 Å². The molecule has 0 amide bonds. The lowest BCUT2D eigenvalue weighted by atomic mass is 9.92. The van der Waals surface area contributed by atoms with Gasteiger partial charge in [-0.3, -0.25) is 4.98 Å². The topological polar surface area (TPSA) is 24.9 Å². The average molecular weight is 289 g/mol. The molecule has 106 valence electrons. The maximum absolute atomic E-state index is 6.33. The summed E-state index contributed by atoms with van der Waals surface area (Å²) in [7, 11) is 0. The van der Waals surface area contributed by atoms with Crippen molar-refractivity contribution in [1.29, 1.82) is 0 Å². The predicted octanol–water partition coefficient (Wildman–Crippen LogP) is 4.36. The van der Waals surface area contributed by atoms with E-state index in [1.165, 1.54) is 22.3 Å². The molecule has 20 heavy (non-hydrogen) atoms. The van der Waals surface area contributed by atoms with E-state index in [9.17, 15) is 0 Å². The molecule has 0 saturated heterocycles. The monoisotopic (exact) mass is 288 g/mol. The minimum Gasteiger partial charge on any atom is -0.306 e. The van der Waals surface area contributed by atoms with Crippen molar-refractivity contribution in [2.75, 3.05) is 6.54 Å². The van der Waals surface area contributed by atoms with Crippen molar-refractivity contribution in [2.45, 2.75) is 33.7 Å². The van der Waals surface area contributed by atoms with Crippen molar-refractivity contribution in [3.63, 3.8) is 0 Å². The second-order valence-corrected chi connectivity index (χ2v) is 5.59. The zero-order valence-electron chi connectivity index (χ0n) is 12.5. The first-order valence-electron chi connectivity index (χ1n) is 6.95. The molecule has 2 rings (SSSR count). The summed E-state index contributed by atoms with van der Waals surface area (Å²) in [5.41, 5.74) is 6.27. The third kappa shape index (κ3) is 3.02. The summed E-state index contributed by atoms with van der Waals surface area (Å²) in [4.78, 5) is 4.08. The summed E-state index contributed by atoms with van der Waals surface area (Å²) >= 11 is 6.33. The molecular formula is C17H21ClN2. The van der Waals surface area contributed by atoms with Gasteiger partial charge in [-0.15, -0.1) is 0 Å². The molecule has 3 heteroatoms. The average Bonchev–Trinajstić information content (AvgIpc) is 2.42. The number of hydrogen-bond acceptors (Lipinski definition) is 2. The normalized spacial score (nSPS) is 12.4. The van der Waals surface area contributed by atoms with Crippen LogP contribution >= 0.6 is 11.6 Å². The Kier molecular flexibility index (Phi) is 4.79. The molecule has 1 atom stereocenters. The largest absolute Gasteiger partial charge is 0.306 e. The highest BCUT2D eigenvalue weighted by molar-refractivity contribution is 6.31. The molecule has 0 aliphatic carbocycles. The van der Waals surface area contributed by atoms with Gasteiger partial charge >= 0.3 is 0 Å². The molecule has 0 aliphatic heterocycles. The first-order chi connectivity index (χ1) is 9.54. The van der Waals surface area contributed by atoms with Gasteiger partial charge in [-0.25, -0.2) is 0 Å². The fourth-order valence-electron chi connectivity index (χ4n) is 2.51. The predicted molar refractivity (Wildman–Crippen MR) is 85.4 cm³/mol. The number of rotatable bonds is 4. The van der Waals surface area contributed by atoms with Crippen LogP contribution in [0, 0.1) is 20.8 Å². The van der Waals surface area contributed by atoms with Gasteiger partial charge in [-0.2, -0.15) is 0 Å². The van der Waals surface area contributed by atoms with Crippen LogP contribution in [0.3, 0.4) is 0 Å².